The molecule has 0 aliphatic rings. The average Bonchev–Trinajstić information content (AvgIpc) is 2.62. The van der Waals surface area contributed by atoms with Crippen molar-refractivity contribution >= 4 is 29.3 Å². The van der Waals surface area contributed by atoms with Crippen molar-refractivity contribution in [3.8, 4) is 5.75 Å². The molecule has 2 aromatic rings. The number of benzene rings is 2. The minimum atomic E-state index is -0.670. The van der Waals surface area contributed by atoms with E-state index in [0.29, 0.717) is 18.7 Å². The van der Waals surface area contributed by atoms with E-state index in [-0.39, 0.29) is 0 Å². The summed E-state index contributed by atoms with van der Waals surface area (Å²) in [6, 6.07) is 14.9. The van der Waals surface area contributed by atoms with Gasteiger partial charge in [0.1, 0.15) is 5.75 Å². The molecule has 0 heterocycles. The van der Waals surface area contributed by atoms with Gasteiger partial charge in [0, 0.05) is 11.4 Å². The van der Waals surface area contributed by atoms with E-state index in [1.165, 1.54) is 11.8 Å². The number of para-hydroxylation sites is 2. The van der Waals surface area contributed by atoms with Crippen molar-refractivity contribution in [3.05, 3.63) is 54.1 Å². The third kappa shape index (κ3) is 4.76. The van der Waals surface area contributed by atoms with E-state index in [0.717, 1.165) is 16.2 Å². The van der Waals surface area contributed by atoms with Crippen molar-refractivity contribution < 1.29 is 14.3 Å². The van der Waals surface area contributed by atoms with Gasteiger partial charge in [-0.2, -0.15) is 0 Å². The van der Waals surface area contributed by atoms with Gasteiger partial charge < -0.3 is 15.4 Å². The number of nitrogens with one attached hydrogen (secondary N) is 2. The van der Waals surface area contributed by atoms with Crippen LogP contribution in [0.5, 0.6) is 5.75 Å². The molecule has 24 heavy (non-hydrogen) atoms. The molecule has 0 aromatic heterocycles. The highest BCUT2D eigenvalue weighted by Crippen LogP contribution is 2.24. The minimum absolute atomic E-state index is 0.358. The molecule has 0 bridgehead atoms. The Morgan fingerprint density at radius 3 is 2.50 bits per heavy atom. The van der Waals surface area contributed by atoms with Crippen LogP contribution in [0.15, 0.2) is 53.4 Å². The van der Waals surface area contributed by atoms with Crippen LogP contribution in [0.3, 0.4) is 0 Å². The van der Waals surface area contributed by atoms with Crippen molar-refractivity contribution in [1.82, 2.24) is 5.32 Å². The van der Waals surface area contributed by atoms with Gasteiger partial charge in [0.2, 0.25) is 0 Å². The fourth-order valence-corrected chi connectivity index (χ4v) is 2.78. The zero-order chi connectivity index (χ0) is 17.4. The molecule has 0 radical (unpaired) electrons. The summed E-state index contributed by atoms with van der Waals surface area (Å²) in [4.78, 5) is 24.8. The number of anilines is 1. The first-order chi connectivity index (χ1) is 11.7. The minimum Gasteiger partial charge on any atom is -0.496 e. The molecule has 6 heteroatoms. The highest BCUT2D eigenvalue weighted by atomic mass is 32.2. The summed E-state index contributed by atoms with van der Waals surface area (Å²) in [5, 5.41) is 5.26. The second kappa shape index (κ2) is 8.98. The molecule has 0 aliphatic heterocycles. The molecule has 0 fully saturated rings. The molecule has 2 amide bonds. The maximum atomic E-state index is 12.0. The lowest BCUT2D eigenvalue weighted by atomic mass is 10.1. The van der Waals surface area contributed by atoms with Crippen molar-refractivity contribution in [2.45, 2.75) is 11.3 Å². The lowest BCUT2D eigenvalue weighted by Gasteiger charge is -2.10. The largest absolute Gasteiger partial charge is 0.496 e. The summed E-state index contributed by atoms with van der Waals surface area (Å²) in [7, 11) is 1.61. The van der Waals surface area contributed by atoms with Crippen LogP contribution in [0.4, 0.5) is 5.69 Å². The van der Waals surface area contributed by atoms with E-state index >= 15 is 0 Å². The monoisotopic (exact) mass is 344 g/mol. The fraction of sp³-hybridized carbons (Fsp3) is 0.222. The second-order valence-corrected chi connectivity index (χ2v) is 5.82. The van der Waals surface area contributed by atoms with E-state index in [9.17, 15) is 9.59 Å². The Hall–Kier alpha value is -2.47. The molecule has 0 atom stereocenters. The zero-order valence-electron chi connectivity index (χ0n) is 13.7. The molecule has 5 nitrogen and oxygen atoms in total. The number of methoxy groups -OCH3 is 1. The Kier molecular flexibility index (Phi) is 6.69. The predicted octanol–water partition coefficient (Wildman–Crippen LogP) is 2.71. The molecule has 2 aromatic carbocycles. The molecule has 2 N–H and O–H groups in total. The van der Waals surface area contributed by atoms with Crippen molar-refractivity contribution in [2.24, 2.45) is 0 Å². The van der Waals surface area contributed by atoms with Gasteiger partial charge in [-0.25, -0.2) is 0 Å². The molecule has 0 saturated carbocycles. The molecule has 0 saturated heterocycles. The number of amides is 2. The normalized spacial score (nSPS) is 10.1. The lowest BCUT2D eigenvalue weighted by Crippen LogP contribution is -2.36. The zero-order valence-corrected chi connectivity index (χ0v) is 14.5. The Morgan fingerprint density at radius 2 is 1.75 bits per heavy atom. The molecular weight excluding hydrogens is 324 g/mol. The lowest BCUT2D eigenvalue weighted by molar-refractivity contribution is -0.136. The number of thioether (sulfide) groups is 1. The summed E-state index contributed by atoms with van der Waals surface area (Å²) in [6.07, 6.45) is 2.50. The number of carbonyl (C=O) groups excluding carboxylic acids is 2. The van der Waals surface area contributed by atoms with Crippen LogP contribution in [0.2, 0.25) is 0 Å². The van der Waals surface area contributed by atoms with Crippen LogP contribution < -0.4 is 15.4 Å². The first-order valence-electron chi connectivity index (χ1n) is 7.49. The summed E-state index contributed by atoms with van der Waals surface area (Å²) in [5.74, 6) is -0.553. The van der Waals surface area contributed by atoms with Crippen LogP contribution in [-0.4, -0.2) is 31.7 Å². The molecule has 126 valence electrons. The summed E-state index contributed by atoms with van der Waals surface area (Å²) in [5.41, 5.74) is 1.61. The highest BCUT2D eigenvalue weighted by Gasteiger charge is 2.14. The van der Waals surface area contributed by atoms with Gasteiger partial charge in [0.15, 0.2) is 0 Å². The van der Waals surface area contributed by atoms with Crippen molar-refractivity contribution in [3.63, 3.8) is 0 Å². The van der Waals surface area contributed by atoms with Gasteiger partial charge in [0.05, 0.1) is 12.8 Å². The number of hydrogen-bond donors (Lipinski definition) is 2. The number of carbonyl (C=O) groups is 2. The van der Waals surface area contributed by atoms with Crippen LogP contribution in [-0.2, 0) is 16.0 Å². The van der Waals surface area contributed by atoms with Crippen LogP contribution in [0.1, 0.15) is 5.56 Å². The maximum Gasteiger partial charge on any atom is 0.313 e. The van der Waals surface area contributed by atoms with Crippen LogP contribution in [0.25, 0.3) is 0 Å². The number of ether oxygens (including phenoxy) is 1. The SMILES string of the molecule is COc1ccccc1CCNC(=O)C(=O)Nc1ccccc1SC. The Morgan fingerprint density at radius 1 is 1.04 bits per heavy atom. The van der Waals surface area contributed by atoms with Crippen molar-refractivity contribution in [2.75, 3.05) is 25.2 Å². The molecular formula is C18H20N2O3S. The fourth-order valence-electron chi connectivity index (χ4n) is 2.23. The topological polar surface area (TPSA) is 67.4 Å². The first-order valence-corrected chi connectivity index (χ1v) is 8.72. The average molecular weight is 344 g/mol. The smallest absolute Gasteiger partial charge is 0.313 e. The Balaban J connectivity index is 1.87. The van der Waals surface area contributed by atoms with E-state index in [4.69, 9.17) is 4.74 Å². The molecule has 0 unspecified atom stereocenters. The number of rotatable bonds is 6. The predicted molar refractivity (Wildman–Crippen MR) is 96.6 cm³/mol. The quantitative estimate of drug-likeness (QED) is 0.625. The van der Waals surface area contributed by atoms with Crippen molar-refractivity contribution in [1.29, 1.82) is 0 Å². The second-order valence-electron chi connectivity index (χ2n) is 4.97. The standard InChI is InChI=1S/C18H20N2O3S/c1-23-15-9-5-3-7-13(15)11-12-19-17(21)18(22)20-14-8-4-6-10-16(14)24-2/h3-10H,11-12H2,1-2H3,(H,19,21)(H,20,22). The van der Waals surface area contributed by atoms with Gasteiger partial charge in [-0.15, -0.1) is 11.8 Å². The van der Waals surface area contributed by atoms with E-state index < -0.39 is 11.8 Å². The molecule has 0 spiro atoms. The van der Waals surface area contributed by atoms with Crippen LogP contribution >= 0.6 is 11.8 Å². The van der Waals surface area contributed by atoms with Gasteiger partial charge >= 0.3 is 11.8 Å². The summed E-state index contributed by atoms with van der Waals surface area (Å²) >= 11 is 1.51. The third-order valence-corrected chi connectivity index (χ3v) is 4.23. The first kappa shape index (κ1) is 17.9. The summed E-state index contributed by atoms with van der Waals surface area (Å²) in [6.45, 7) is 0.358. The third-order valence-electron chi connectivity index (χ3n) is 3.43. The maximum absolute atomic E-state index is 12.0. The Labute approximate surface area is 145 Å². The van der Waals surface area contributed by atoms with Crippen LogP contribution in [0, 0.1) is 0 Å². The molecule has 2 rings (SSSR count). The van der Waals surface area contributed by atoms with Gasteiger partial charge in [-0.3, -0.25) is 9.59 Å². The van der Waals surface area contributed by atoms with E-state index in [1.807, 2.05) is 48.7 Å². The summed E-state index contributed by atoms with van der Waals surface area (Å²) < 4.78 is 5.26. The highest BCUT2D eigenvalue weighted by molar-refractivity contribution is 7.98. The number of hydrogen-bond acceptors (Lipinski definition) is 4. The van der Waals surface area contributed by atoms with Gasteiger partial charge in [-0.05, 0) is 36.4 Å². The van der Waals surface area contributed by atoms with Gasteiger partial charge in [-0.1, -0.05) is 30.3 Å². The molecule has 0 aliphatic carbocycles. The Bertz CT molecular complexity index is 719. The van der Waals surface area contributed by atoms with E-state index in [1.54, 1.807) is 13.2 Å². The van der Waals surface area contributed by atoms with Gasteiger partial charge in [0.25, 0.3) is 0 Å². The van der Waals surface area contributed by atoms with E-state index in [2.05, 4.69) is 10.6 Å².